The zero-order valence-electron chi connectivity index (χ0n) is 34.9. The van der Waals surface area contributed by atoms with Gasteiger partial charge in [-0.3, -0.25) is 0 Å². The standard InChI is InChI=1S/C56H50N2/c1-35-13-9-17-40(27-35)57(41-18-10-14-36(2)28-41)44-22-25-46-39(31-44)21-24-48-50-34-52-49(33-53(50)56(7,8)54(46)48)47-26-23-45(32-51(47)55(52,5)6)58(42-19-11-15-37(3)29-42)43-20-12-16-38(4)30-43/h9-34H,1-8H3. The molecule has 0 N–H and O–H groups in total. The van der Waals surface area contributed by atoms with Crippen LogP contribution in [0.5, 0.6) is 0 Å². The average Bonchev–Trinajstić information content (AvgIpc) is 3.56. The minimum Gasteiger partial charge on any atom is -0.310 e. The number of nitrogens with zero attached hydrogens (tertiary/aromatic N) is 2. The third-order valence-electron chi connectivity index (χ3n) is 12.9. The zero-order valence-corrected chi connectivity index (χ0v) is 34.9. The zero-order chi connectivity index (χ0) is 40.1. The lowest BCUT2D eigenvalue weighted by atomic mass is 9.78. The first kappa shape index (κ1) is 36.0. The van der Waals surface area contributed by atoms with E-state index in [1.54, 1.807) is 0 Å². The van der Waals surface area contributed by atoms with Gasteiger partial charge in [0.05, 0.1) is 0 Å². The highest BCUT2D eigenvalue weighted by molar-refractivity contribution is 6.01. The first-order valence-corrected chi connectivity index (χ1v) is 20.7. The molecular weight excluding hydrogens is 701 g/mol. The summed E-state index contributed by atoms with van der Waals surface area (Å²) in [6.45, 7) is 18.4. The van der Waals surface area contributed by atoms with E-state index in [9.17, 15) is 0 Å². The van der Waals surface area contributed by atoms with Gasteiger partial charge in [0.15, 0.2) is 0 Å². The first-order chi connectivity index (χ1) is 27.9. The number of hydrogen-bond acceptors (Lipinski definition) is 2. The molecule has 0 radical (unpaired) electrons. The Morgan fingerprint density at radius 3 is 1.22 bits per heavy atom. The van der Waals surface area contributed by atoms with Gasteiger partial charge in [0.25, 0.3) is 0 Å². The van der Waals surface area contributed by atoms with E-state index in [0.717, 1.165) is 5.69 Å². The van der Waals surface area contributed by atoms with E-state index in [-0.39, 0.29) is 10.8 Å². The van der Waals surface area contributed by atoms with Crippen LogP contribution in [0.1, 0.15) is 72.2 Å². The van der Waals surface area contributed by atoms with Gasteiger partial charge in [0.2, 0.25) is 0 Å². The molecule has 10 rings (SSSR count). The fourth-order valence-corrected chi connectivity index (χ4v) is 10.1. The van der Waals surface area contributed by atoms with Crippen molar-refractivity contribution in [1.29, 1.82) is 0 Å². The molecule has 0 heterocycles. The molecule has 0 aliphatic heterocycles. The SMILES string of the molecule is Cc1cccc(N(c2cccc(C)c2)c2ccc3c(c2)C(C)(C)c2cc4c(cc2-3)C(C)(C)c2c-4ccc3cc(N(c4cccc(C)c4)c4cccc(C)c4)ccc23)c1. The molecule has 2 aliphatic rings. The molecule has 0 saturated carbocycles. The van der Waals surface area contributed by atoms with E-state index in [1.165, 1.54) is 106 Å². The lowest BCUT2D eigenvalue weighted by Crippen LogP contribution is -2.18. The number of benzene rings is 8. The highest BCUT2D eigenvalue weighted by Gasteiger charge is 2.42. The van der Waals surface area contributed by atoms with Gasteiger partial charge in [-0.1, -0.05) is 100 Å². The van der Waals surface area contributed by atoms with Gasteiger partial charge >= 0.3 is 0 Å². The van der Waals surface area contributed by atoms with E-state index in [1.807, 2.05) is 0 Å². The summed E-state index contributed by atoms with van der Waals surface area (Å²) in [5.74, 6) is 0. The average molecular weight is 751 g/mol. The molecule has 58 heavy (non-hydrogen) atoms. The van der Waals surface area contributed by atoms with Crippen molar-refractivity contribution in [2.75, 3.05) is 9.80 Å². The van der Waals surface area contributed by atoms with Gasteiger partial charge in [-0.2, -0.15) is 0 Å². The summed E-state index contributed by atoms with van der Waals surface area (Å²) in [4.78, 5) is 4.80. The predicted octanol–water partition coefficient (Wildman–Crippen LogP) is 15.6. The van der Waals surface area contributed by atoms with E-state index < -0.39 is 0 Å². The van der Waals surface area contributed by atoms with Crippen LogP contribution in [0.15, 0.2) is 158 Å². The van der Waals surface area contributed by atoms with Crippen LogP contribution < -0.4 is 9.80 Å². The van der Waals surface area contributed by atoms with Crippen LogP contribution in [-0.4, -0.2) is 0 Å². The molecule has 0 bridgehead atoms. The smallest absolute Gasteiger partial charge is 0.0468 e. The molecule has 284 valence electrons. The quantitative estimate of drug-likeness (QED) is 0.167. The molecule has 0 saturated heterocycles. The van der Waals surface area contributed by atoms with Gasteiger partial charge < -0.3 is 9.80 Å². The Hall–Kier alpha value is -6.38. The molecule has 0 unspecified atom stereocenters. The summed E-state index contributed by atoms with van der Waals surface area (Å²) in [5, 5.41) is 2.59. The third-order valence-corrected chi connectivity index (χ3v) is 12.9. The molecule has 2 nitrogen and oxygen atoms in total. The maximum atomic E-state index is 2.54. The molecule has 8 aromatic rings. The topological polar surface area (TPSA) is 6.48 Å². The first-order valence-electron chi connectivity index (χ1n) is 20.7. The monoisotopic (exact) mass is 750 g/mol. The Kier molecular flexibility index (Phi) is 8.12. The van der Waals surface area contributed by atoms with Crippen molar-refractivity contribution in [1.82, 2.24) is 0 Å². The van der Waals surface area contributed by atoms with Crippen molar-refractivity contribution in [2.24, 2.45) is 0 Å². The number of rotatable bonds is 6. The van der Waals surface area contributed by atoms with Crippen molar-refractivity contribution in [3.05, 3.63) is 202 Å². The van der Waals surface area contributed by atoms with Crippen molar-refractivity contribution < 1.29 is 0 Å². The Balaban J connectivity index is 1.07. The van der Waals surface area contributed by atoms with E-state index in [4.69, 9.17) is 0 Å². The Morgan fingerprint density at radius 2 is 0.724 bits per heavy atom. The van der Waals surface area contributed by atoms with Crippen molar-refractivity contribution in [3.63, 3.8) is 0 Å². The summed E-state index contributed by atoms with van der Waals surface area (Å²) < 4.78 is 0. The normalized spacial score (nSPS) is 14.1. The van der Waals surface area contributed by atoms with Crippen LogP contribution in [0.25, 0.3) is 33.0 Å². The highest BCUT2D eigenvalue weighted by atomic mass is 15.1. The fourth-order valence-electron chi connectivity index (χ4n) is 10.1. The molecule has 0 amide bonds. The van der Waals surface area contributed by atoms with Crippen LogP contribution in [0, 0.1) is 27.7 Å². The van der Waals surface area contributed by atoms with Crippen LogP contribution >= 0.6 is 0 Å². The largest absolute Gasteiger partial charge is 0.310 e. The van der Waals surface area contributed by atoms with Gasteiger partial charge in [-0.25, -0.2) is 0 Å². The molecule has 2 heteroatoms. The number of aryl methyl sites for hydroxylation is 4. The lowest BCUT2D eigenvalue weighted by Gasteiger charge is -2.28. The van der Waals surface area contributed by atoms with Gasteiger partial charge in [-0.15, -0.1) is 0 Å². The summed E-state index contributed by atoms with van der Waals surface area (Å²) >= 11 is 0. The third kappa shape index (κ3) is 5.61. The molecule has 8 aromatic carbocycles. The molecular formula is C56H50N2. The van der Waals surface area contributed by atoms with Crippen LogP contribution in [0.3, 0.4) is 0 Å². The lowest BCUT2D eigenvalue weighted by molar-refractivity contribution is 0.654. The predicted molar refractivity (Wildman–Crippen MR) is 247 cm³/mol. The van der Waals surface area contributed by atoms with Gasteiger partial charge in [-0.05, 0) is 190 Å². The minimum atomic E-state index is -0.173. The molecule has 0 atom stereocenters. The van der Waals surface area contributed by atoms with Crippen molar-refractivity contribution >= 4 is 44.9 Å². The Labute approximate surface area is 344 Å². The van der Waals surface area contributed by atoms with E-state index in [2.05, 4.69) is 223 Å². The number of anilines is 6. The fraction of sp³-hybridized carbons (Fsp3) is 0.179. The Bertz CT molecular complexity index is 2870. The van der Waals surface area contributed by atoms with Crippen LogP contribution in [0.2, 0.25) is 0 Å². The molecule has 0 fully saturated rings. The highest BCUT2D eigenvalue weighted by Crippen LogP contribution is 2.58. The van der Waals surface area contributed by atoms with E-state index >= 15 is 0 Å². The molecule has 0 aromatic heterocycles. The summed E-state index contributed by atoms with van der Waals surface area (Å²) in [7, 11) is 0. The maximum Gasteiger partial charge on any atom is 0.0468 e. The molecule has 0 spiro atoms. The van der Waals surface area contributed by atoms with Crippen LogP contribution in [0.4, 0.5) is 34.1 Å². The Morgan fingerprint density at radius 1 is 0.328 bits per heavy atom. The summed E-state index contributed by atoms with van der Waals surface area (Å²) in [6, 6.07) is 59.3. The minimum absolute atomic E-state index is 0.172. The summed E-state index contributed by atoms with van der Waals surface area (Å²) in [6.07, 6.45) is 0. The van der Waals surface area contributed by atoms with Crippen molar-refractivity contribution in [2.45, 2.75) is 66.2 Å². The second-order valence-electron chi connectivity index (χ2n) is 17.8. The second-order valence-corrected chi connectivity index (χ2v) is 17.8. The summed E-state index contributed by atoms with van der Waals surface area (Å²) in [5.41, 5.74) is 22.7. The second kappa shape index (κ2) is 13.1. The van der Waals surface area contributed by atoms with Crippen molar-refractivity contribution in [3.8, 4) is 22.3 Å². The van der Waals surface area contributed by atoms with E-state index in [0.29, 0.717) is 0 Å². The number of fused-ring (bicyclic) bond motifs is 8. The van der Waals surface area contributed by atoms with Gasteiger partial charge in [0.1, 0.15) is 0 Å². The van der Waals surface area contributed by atoms with Crippen LogP contribution in [-0.2, 0) is 10.8 Å². The maximum absolute atomic E-state index is 2.54. The van der Waals surface area contributed by atoms with Gasteiger partial charge in [0, 0.05) is 45.0 Å². The molecule has 2 aliphatic carbocycles. The number of hydrogen-bond donors (Lipinski definition) is 0.